The first-order valence-corrected chi connectivity index (χ1v) is 17.9. The van der Waals surface area contributed by atoms with Crippen LogP contribution in [0.25, 0.3) is 11.1 Å². The maximum atomic E-state index is 12.8. The van der Waals surface area contributed by atoms with E-state index < -0.39 is 23.9 Å². The summed E-state index contributed by atoms with van der Waals surface area (Å²) < 4.78 is 15.8. The van der Waals surface area contributed by atoms with Gasteiger partial charge in [0.05, 0.1) is 13.2 Å². The van der Waals surface area contributed by atoms with E-state index in [1.165, 1.54) is 0 Å². The highest BCUT2D eigenvalue weighted by atomic mass is 16.8. The van der Waals surface area contributed by atoms with Gasteiger partial charge in [-0.15, -0.1) is 0 Å². The summed E-state index contributed by atoms with van der Waals surface area (Å²) >= 11 is 0. The summed E-state index contributed by atoms with van der Waals surface area (Å²) in [6, 6.07) is 10.7. The van der Waals surface area contributed by atoms with Crippen molar-refractivity contribution in [3.05, 3.63) is 47.5 Å². The number of amides is 6. The molecule has 16 nitrogen and oxygen atoms in total. The molecule has 2 aromatic rings. The van der Waals surface area contributed by atoms with Crippen LogP contribution in [-0.4, -0.2) is 92.8 Å². The summed E-state index contributed by atoms with van der Waals surface area (Å²) in [6.07, 6.45) is -0.0726. The number of hydrogen-bond acceptors (Lipinski definition) is 11. The molecule has 0 bridgehead atoms. The number of rotatable bonds is 21. The van der Waals surface area contributed by atoms with Crippen LogP contribution < -0.4 is 21.3 Å². The Bertz CT molecular complexity index is 1550. The molecule has 0 aromatic heterocycles. The van der Waals surface area contributed by atoms with Crippen LogP contribution in [0.3, 0.4) is 0 Å². The molecule has 6 amide bonds. The van der Waals surface area contributed by atoms with Gasteiger partial charge in [0, 0.05) is 82.1 Å². The summed E-state index contributed by atoms with van der Waals surface area (Å²) in [6.45, 7) is 6.26. The van der Waals surface area contributed by atoms with Crippen molar-refractivity contribution in [2.45, 2.75) is 71.1 Å². The van der Waals surface area contributed by atoms with E-state index in [4.69, 9.17) is 19.0 Å². The summed E-state index contributed by atoms with van der Waals surface area (Å²) in [5.74, 6) is -2.77. The predicted octanol–water partition coefficient (Wildman–Crippen LogP) is 3.54. The Morgan fingerprint density at radius 2 is 1.13 bits per heavy atom. The van der Waals surface area contributed by atoms with Crippen molar-refractivity contribution >= 4 is 53.0 Å². The molecule has 2 aliphatic rings. The second-order valence-electron chi connectivity index (χ2n) is 12.3. The van der Waals surface area contributed by atoms with E-state index >= 15 is 0 Å². The predicted molar refractivity (Wildman–Crippen MR) is 191 cm³/mol. The van der Waals surface area contributed by atoms with Gasteiger partial charge in [-0.25, -0.2) is 4.79 Å². The Hall–Kier alpha value is -5.35. The highest BCUT2D eigenvalue weighted by Gasteiger charge is 2.35. The Balaban J connectivity index is 1.40. The first-order valence-electron chi connectivity index (χ1n) is 17.9. The van der Waals surface area contributed by atoms with Crippen LogP contribution in [0.1, 0.15) is 82.3 Å². The molecule has 4 N–H and O–H groups in total. The molecule has 0 atom stereocenters. The average molecular weight is 738 g/mol. The number of ether oxygens (including phenoxy) is 3. The molecule has 0 spiro atoms. The van der Waals surface area contributed by atoms with Gasteiger partial charge in [0.2, 0.25) is 23.6 Å². The molecule has 1 heterocycles. The minimum Gasteiger partial charge on any atom is -0.432 e. The molecule has 2 aromatic carbocycles. The molecule has 286 valence electrons. The minimum atomic E-state index is -1.23. The first kappa shape index (κ1) is 40.4. The molecular formula is C37H47N5O11. The zero-order valence-corrected chi connectivity index (χ0v) is 30.1. The van der Waals surface area contributed by atoms with Crippen molar-refractivity contribution in [1.82, 2.24) is 15.7 Å². The van der Waals surface area contributed by atoms with Gasteiger partial charge in [-0.05, 0) is 73.2 Å². The number of hydrogen-bond donors (Lipinski definition) is 4. The number of hydroxylamine groups is 2. The number of anilines is 2. The van der Waals surface area contributed by atoms with Gasteiger partial charge in [-0.2, -0.15) is 0 Å². The van der Waals surface area contributed by atoms with Crippen molar-refractivity contribution < 1.29 is 52.6 Å². The summed E-state index contributed by atoms with van der Waals surface area (Å²) in [7, 11) is 0. The maximum absolute atomic E-state index is 12.8. The van der Waals surface area contributed by atoms with Gasteiger partial charge in [-0.1, -0.05) is 17.2 Å². The Morgan fingerprint density at radius 3 is 1.58 bits per heavy atom. The third-order valence-electron chi connectivity index (χ3n) is 8.41. The highest BCUT2D eigenvalue weighted by Crippen LogP contribution is 2.47. The van der Waals surface area contributed by atoms with E-state index in [9.17, 15) is 33.6 Å². The zero-order valence-electron chi connectivity index (χ0n) is 30.1. The number of benzene rings is 2. The summed E-state index contributed by atoms with van der Waals surface area (Å²) in [4.78, 5) is 91.0. The van der Waals surface area contributed by atoms with Gasteiger partial charge < -0.3 is 35.5 Å². The van der Waals surface area contributed by atoms with Gasteiger partial charge in [0.15, 0.2) is 0 Å². The minimum absolute atomic E-state index is 0.0676. The molecule has 0 radical (unpaired) electrons. The van der Waals surface area contributed by atoms with Crippen LogP contribution in [-0.2, 0) is 47.8 Å². The standard InChI is InChI=1S/C37H47N5O11/c1-3-50-19-17-38-31(43)7-5-9-33(45)40-24-11-13-26-27-14-12-25(41-34(46)10-6-8-32(44)39-18-20-51-4-2)22-29(27)30(28(26)21-24)23-52-37(49)53-42-35(47)15-16-36(42)48/h11-14,21-22,30H,3-10,15-20,23H2,1-2H3,(H,38,43)(H,39,44)(H,40,45)(H,41,46). The quantitative estimate of drug-likeness (QED) is 0.0828. The molecule has 1 aliphatic carbocycles. The second-order valence-corrected chi connectivity index (χ2v) is 12.3. The van der Waals surface area contributed by atoms with Crippen LogP contribution >= 0.6 is 0 Å². The van der Waals surface area contributed by atoms with Crippen molar-refractivity contribution in [1.29, 1.82) is 0 Å². The van der Waals surface area contributed by atoms with Crippen LogP contribution in [0.5, 0.6) is 0 Å². The van der Waals surface area contributed by atoms with Crippen LogP contribution in [0, 0.1) is 0 Å². The van der Waals surface area contributed by atoms with E-state index in [1.54, 1.807) is 24.3 Å². The molecule has 4 rings (SSSR count). The molecule has 16 heteroatoms. The normalized spacial score (nSPS) is 13.3. The lowest BCUT2D eigenvalue weighted by Crippen LogP contribution is -2.32. The third kappa shape index (κ3) is 12.4. The van der Waals surface area contributed by atoms with Gasteiger partial charge in [-0.3, -0.25) is 33.6 Å². The Morgan fingerprint density at radius 1 is 0.679 bits per heavy atom. The van der Waals surface area contributed by atoms with Gasteiger partial charge in [0.25, 0.3) is 11.8 Å². The molecule has 1 saturated heterocycles. The van der Waals surface area contributed by atoms with E-state index in [2.05, 4.69) is 21.3 Å². The largest absolute Gasteiger partial charge is 0.533 e. The summed E-state index contributed by atoms with van der Waals surface area (Å²) in [5.41, 5.74) is 4.01. The monoisotopic (exact) mass is 737 g/mol. The first-order chi connectivity index (χ1) is 25.6. The van der Waals surface area contributed by atoms with Gasteiger partial charge in [0.1, 0.15) is 6.61 Å². The van der Waals surface area contributed by atoms with E-state index in [0.717, 1.165) is 11.1 Å². The molecule has 1 fully saturated rings. The maximum Gasteiger partial charge on any atom is 0.533 e. The van der Waals surface area contributed by atoms with Crippen LogP contribution in [0.4, 0.5) is 16.2 Å². The SMILES string of the molecule is CCOCCNC(=O)CCCC(=O)Nc1ccc2c(c1)C(COC(=O)ON1C(=O)CCC1=O)c1cc(NC(=O)CCCC(=O)NCCOCC)ccc1-2. The lowest BCUT2D eigenvalue weighted by Gasteiger charge is -2.17. The Kier molecular flexibility index (Phi) is 15.7. The Labute approximate surface area is 307 Å². The average Bonchev–Trinajstić information content (AvgIpc) is 3.61. The number of carbonyl (C=O) groups is 7. The lowest BCUT2D eigenvalue weighted by atomic mass is 9.97. The molecular weight excluding hydrogens is 690 g/mol. The van der Waals surface area contributed by atoms with Crippen LogP contribution in [0.2, 0.25) is 0 Å². The van der Waals surface area contributed by atoms with Crippen molar-refractivity contribution in [3.8, 4) is 11.1 Å². The van der Waals surface area contributed by atoms with Crippen LogP contribution in [0.15, 0.2) is 36.4 Å². The topological polar surface area (TPSA) is 208 Å². The number of imide groups is 1. The lowest BCUT2D eigenvalue weighted by molar-refractivity contribution is -0.177. The fraction of sp³-hybridized carbons (Fsp3) is 0.486. The van der Waals surface area contributed by atoms with E-state index in [-0.39, 0.29) is 68.8 Å². The third-order valence-corrected chi connectivity index (χ3v) is 8.41. The molecule has 53 heavy (non-hydrogen) atoms. The van der Waals surface area contributed by atoms with Crippen molar-refractivity contribution in [2.24, 2.45) is 0 Å². The van der Waals surface area contributed by atoms with Crippen molar-refractivity contribution in [2.75, 3.05) is 56.8 Å². The number of carbonyl (C=O) groups excluding carboxylic acids is 7. The molecule has 1 aliphatic heterocycles. The van der Waals surface area contributed by atoms with Crippen molar-refractivity contribution in [3.63, 3.8) is 0 Å². The van der Waals surface area contributed by atoms with E-state index in [1.807, 2.05) is 26.0 Å². The molecule has 0 saturated carbocycles. The van der Waals surface area contributed by atoms with Gasteiger partial charge >= 0.3 is 6.16 Å². The summed E-state index contributed by atoms with van der Waals surface area (Å²) in [5, 5.41) is 11.6. The zero-order chi connectivity index (χ0) is 38.2. The van der Waals surface area contributed by atoms with E-state index in [0.29, 0.717) is 79.9 Å². The second kappa shape index (κ2) is 20.6. The fourth-order valence-corrected chi connectivity index (χ4v) is 5.86. The smallest absolute Gasteiger partial charge is 0.432 e. The number of nitrogens with one attached hydrogen (secondary N) is 4. The molecule has 0 unspecified atom stereocenters. The number of nitrogens with zero attached hydrogens (tertiary/aromatic N) is 1. The number of fused-ring (bicyclic) bond motifs is 3. The fourth-order valence-electron chi connectivity index (χ4n) is 5.86. The highest BCUT2D eigenvalue weighted by molar-refractivity contribution is 6.01.